The third-order valence-electron chi connectivity index (χ3n) is 1.90. The van der Waals surface area contributed by atoms with E-state index in [0.29, 0.717) is 5.75 Å². The van der Waals surface area contributed by atoms with Gasteiger partial charge >= 0.3 is 0 Å². The zero-order valence-electron chi connectivity index (χ0n) is 9.43. The normalized spacial score (nSPS) is 9.76. The lowest BCUT2D eigenvalue weighted by Gasteiger charge is -2.06. The predicted octanol–water partition coefficient (Wildman–Crippen LogP) is 1.19. The van der Waals surface area contributed by atoms with Crippen LogP contribution in [0.15, 0.2) is 18.2 Å². The molecule has 0 unspecified atom stereocenters. The van der Waals surface area contributed by atoms with E-state index in [1.54, 1.807) is 0 Å². The molecule has 1 N–H and O–H groups in total. The molecule has 0 bridgehead atoms. The number of methoxy groups -OCH3 is 2. The summed E-state index contributed by atoms with van der Waals surface area (Å²) in [5, 5.41) is 13.1. The first-order valence-electron chi connectivity index (χ1n) is 4.69. The second kappa shape index (κ2) is 5.80. The maximum atomic E-state index is 11.2. The molecule has 0 radical (unpaired) electrons. The minimum Gasteiger partial charge on any atom is -0.496 e. The molecule has 0 aliphatic rings. The third kappa shape index (κ3) is 3.72. The fourth-order valence-corrected chi connectivity index (χ4v) is 1.21. The van der Waals surface area contributed by atoms with Crippen LogP contribution in [0.3, 0.4) is 0 Å². The van der Waals surface area contributed by atoms with E-state index in [9.17, 15) is 14.9 Å². The first-order valence-corrected chi connectivity index (χ1v) is 4.69. The van der Waals surface area contributed by atoms with Crippen molar-refractivity contribution in [1.82, 2.24) is 0 Å². The molecule has 0 fully saturated rings. The van der Waals surface area contributed by atoms with Crippen LogP contribution in [0.25, 0.3) is 0 Å². The van der Waals surface area contributed by atoms with Crippen LogP contribution >= 0.6 is 0 Å². The Bertz CT molecular complexity index is 433. The molecule has 0 heterocycles. The van der Waals surface area contributed by atoms with Crippen LogP contribution < -0.4 is 10.1 Å². The van der Waals surface area contributed by atoms with E-state index in [4.69, 9.17) is 4.74 Å². The summed E-state index contributed by atoms with van der Waals surface area (Å²) in [6, 6.07) is 4.00. The molecule has 7 heteroatoms. The number of benzene rings is 1. The molecular weight excluding hydrogens is 228 g/mol. The first kappa shape index (κ1) is 12.9. The van der Waals surface area contributed by atoms with Gasteiger partial charge in [0.2, 0.25) is 5.91 Å². The van der Waals surface area contributed by atoms with Crippen LogP contribution in [0.4, 0.5) is 11.4 Å². The van der Waals surface area contributed by atoms with Crippen LogP contribution in [0, 0.1) is 10.1 Å². The van der Waals surface area contributed by atoms with Gasteiger partial charge < -0.3 is 14.8 Å². The standard InChI is InChI=1S/C10H12N2O5/c1-16-6-10(13)11-7-3-8(12(14)15)5-9(4-7)17-2/h3-5H,6H2,1-2H3,(H,11,13). The number of ether oxygens (including phenoxy) is 2. The molecule has 92 valence electrons. The summed E-state index contributed by atoms with van der Waals surface area (Å²) >= 11 is 0. The van der Waals surface area contributed by atoms with Crippen molar-refractivity contribution in [3.63, 3.8) is 0 Å². The molecule has 1 aromatic rings. The highest BCUT2D eigenvalue weighted by Gasteiger charge is 2.11. The Morgan fingerprint density at radius 2 is 2.12 bits per heavy atom. The summed E-state index contributed by atoms with van der Waals surface area (Å²) in [6.07, 6.45) is 0. The Kier molecular flexibility index (Phi) is 4.41. The first-order chi connectivity index (χ1) is 8.06. The second-order valence-electron chi connectivity index (χ2n) is 3.16. The van der Waals surface area contributed by atoms with Crippen LogP contribution in [-0.4, -0.2) is 31.7 Å². The van der Waals surface area contributed by atoms with Gasteiger partial charge in [-0.3, -0.25) is 14.9 Å². The van der Waals surface area contributed by atoms with Crippen molar-refractivity contribution in [3.8, 4) is 5.75 Å². The van der Waals surface area contributed by atoms with Crippen molar-refractivity contribution in [2.45, 2.75) is 0 Å². The fourth-order valence-electron chi connectivity index (χ4n) is 1.21. The molecule has 0 aromatic heterocycles. The number of nitro groups is 1. The maximum absolute atomic E-state index is 11.2. The molecule has 17 heavy (non-hydrogen) atoms. The number of rotatable bonds is 5. The number of hydrogen-bond acceptors (Lipinski definition) is 5. The van der Waals surface area contributed by atoms with E-state index >= 15 is 0 Å². The zero-order valence-corrected chi connectivity index (χ0v) is 9.43. The van der Waals surface area contributed by atoms with E-state index in [1.165, 1.54) is 32.4 Å². The third-order valence-corrected chi connectivity index (χ3v) is 1.90. The Labute approximate surface area is 97.5 Å². The van der Waals surface area contributed by atoms with Gasteiger partial charge in [-0.2, -0.15) is 0 Å². The average molecular weight is 240 g/mol. The Morgan fingerprint density at radius 1 is 1.41 bits per heavy atom. The lowest BCUT2D eigenvalue weighted by molar-refractivity contribution is -0.384. The van der Waals surface area contributed by atoms with Gasteiger partial charge in [0.1, 0.15) is 12.4 Å². The van der Waals surface area contributed by atoms with Gasteiger partial charge in [0, 0.05) is 19.2 Å². The number of nitrogens with zero attached hydrogens (tertiary/aromatic N) is 1. The number of carbonyl (C=O) groups is 1. The number of non-ortho nitro benzene ring substituents is 1. The number of nitro benzene ring substituents is 1. The highest BCUT2D eigenvalue weighted by molar-refractivity contribution is 5.92. The predicted molar refractivity (Wildman–Crippen MR) is 60.2 cm³/mol. The second-order valence-corrected chi connectivity index (χ2v) is 3.16. The van der Waals surface area contributed by atoms with Gasteiger partial charge in [-0.05, 0) is 0 Å². The SMILES string of the molecule is COCC(=O)Nc1cc(OC)cc([N+](=O)[O-])c1. The largest absolute Gasteiger partial charge is 0.496 e. The van der Waals surface area contributed by atoms with E-state index in [1.807, 2.05) is 0 Å². The van der Waals surface area contributed by atoms with Crippen molar-refractivity contribution < 1.29 is 19.2 Å². The molecule has 0 aliphatic carbocycles. The van der Waals surface area contributed by atoms with Gasteiger partial charge in [0.15, 0.2) is 0 Å². The lowest BCUT2D eigenvalue weighted by atomic mass is 10.2. The zero-order chi connectivity index (χ0) is 12.8. The fraction of sp³-hybridized carbons (Fsp3) is 0.300. The summed E-state index contributed by atoms with van der Waals surface area (Å²) in [5.41, 5.74) is 0.134. The van der Waals surface area contributed by atoms with Gasteiger partial charge in [-0.1, -0.05) is 0 Å². The van der Waals surface area contributed by atoms with Crippen molar-refractivity contribution in [2.75, 3.05) is 26.1 Å². The van der Waals surface area contributed by atoms with Crippen LogP contribution in [0.2, 0.25) is 0 Å². The Morgan fingerprint density at radius 3 is 2.65 bits per heavy atom. The van der Waals surface area contributed by atoms with Crippen molar-refractivity contribution >= 4 is 17.3 Å². The van der Waals surface area contributed by atoms with E-state index in [2.05, 4.69) is 10.1 Å². The van der Waals surface area contributed by atoms with E-state index in [-0.39, 0.29) is 18.0 Å². The van der Waals surface area contributed by atoms with Crippen LogP contribution in [0.1, 0.15) is 0 Å². The van der Waals surface area contributed by atoms with Crippen molar-refractivity contribution in [1.29, 1.82) is 0 Å². The lowest BCUT2D eigenvalue weighted by Crippen LogP contribution is -2.17. The van der Waals surface area contributed by atoms with Gasteiger partial charge in [0.05, 0.1) is 23.8 Å². The van der Waals surface area contributed by atoms with Crippen LogP contribution in [-0.2, 0) is 9.53 Å². The van der Waals surface area contributed by atoms with Crippen LogP contribution in [0.5, 0.6) is 5.75 Å². The Balaban J connectivity index is 2.94. The molecule has 0 aliphatic heterocycles. The average Bonchev–Trinajstić information content (AvgIpc) is 2.28. The summed E-state index contributed by atoms with van der Waals surface area (Å²) in [7, 11) is 2.77. The monoisotopic (exact) mass is 240 g/mol. The van der Waals surface area contributed by atoms with Crippen molar-refractivity contribution in [2.24, 2.45) is 0 Å². The van der Waals surface area contributed by atoms with Crippen molar-refractivity contribution in [3.05, 3.63) is 28.3 Å². The molecule has 0 saturated carbocycles. The molecule has 1 rings (SSSR count). The Hall–Kier alpha value is -2.15. The molecule has 1 aromatic carbocycles. The number of anilines is 1. The summed E-state index contributed by atoms with van der Waals surface area (Å²) in [5.74, 6) is -0.0954. The molecular formula is C10H12N2O5. The highest BCUT2D eigenvalue weighted by atomic mass is 16.6. The highest BCUT2D eigenvalue weighted by Crippen LogP contribution is 2.25. The number of nitrogens with one attached hydrogen (secondary N) is 1. The smallest absolute Gasteiger partial charge is 0.275 e. The topological polar surface area (TPSA) is 90.7 Å². The molecule has 0 spiro atoms. The maximum Gasteiger partial charge on any atom is 0.275 e. The summed E-state index contributed by atoms with van der Waals surface area (Å²) in [6.45, 7) is -0.120. The summed E-state index contributed by atoms with van der Waals surface area (Å²) < 4.78 is 9.53. The number of carbonyl (C=O) groups excluding carboxylic acids is 1. The van der Waals surface area contributed by atoms with E-state index < -0.39 is 10.8 Å². The minimum atomic E-state index is -0.561. The minimum absolute atomic E-state index is 0.120. The quantitative estimate of drug-likeness (QED) is 0.616. The van der Waals surface area contributed by atoms with Gasteiger partial charge in [-0.15, -0.1) is 0 Å². The summed E-state index contributed by atoms with van der Waals surface area (Å²) in [4.78, 5) is 21.3. The van der Waals surface area contributed by atoms with Gasteiger partial charge in [0.25, 0.3) is 5.69 Å². The molecule has 0 saturated heterocycles. The van der Waals surface area contributed by atoms with Gasteiger partial charge in [-0.25, -0.2) is 0 Å². The molecule has 0 atom stereocenters. The molecule has 7 nitrogen and oxygen atoms in total. The number of hydrogen-bond donors (Lipinski definition) is 1. The number of amides is 1. The van der Waals surface area contributed by atoms with E-state index in [0.717, 1.165) is 0 Å². The molecule has 1 amide bonds.